The average Bonchev–Trinajstić information content (AvgIpc) is 2.34. The molecule has 106 valence electrons. The summed E-state index contributed by atoms with van der Waals surface area (Å²) < 4.78 is 0. The monoisotopic (exact) mass is 322 g/mol. The van der Waals surface area contributed by atoms with Crippen LogP contribution in [0.4, 0.5) is 0 Å². The lowest BCUT2D eigenvalue weighted by Gasteiger charge is -2.37. The molecule has 1 N–H and O–H groups in total. The van der Waals surface area contributed by atoms with Crippen molar-refractivity contribution in [2.45, 2.75) is 25.9 Å². The first-order valence-corrected chi connectivity index (χ1v) is 6.74. The Morgan fingerprint density at radius 1 is 1.37 bits per heavy atom. The molecule has 1 amide bonds. The van der Waals surface area contributed by atoms with Gasteiger partial charge >= 0.3 is 0 Å². The number of halogens is 3. The van der Waals surface area contributed by atoms with E-state index in [1.54, 1.807) is 18.2 Å². The molecule has 2 rings (SSSR count). The average molecular weight is 324 g/mol. The zero-order valence-corrected chi connectivity index (χ0v) is 13.1. The van der Waals surface area contributed by atoms with Gasteiger partial charge in [-0.2, -0.15) is 0 Å². The molecular formula is C13H17Cl3N2O. The Labute approximate surface area is 129 Å². The van der Waals surface area contributed by atoms with Gasteiger partial charge in [-0.05, 0) is 32.0 Å². The fourth-order valence-corrected chi connectivity index (χ4v) is 2.49. The summed E-state index contributed by atoms with van der Waals surface area (Å²) in [6, 6.07) is 5.43. The van der Waals surface area contributed by atoms with E-state index in [2.05, 4.69) is 12.2 Å². The van der Waals surface area contributed by atoms with Crippen molar-refractivity contribution in [3.8, 4) is 0 Å². The SMILES string of the molecule is CC1CN(C(=O)c2cc(Cl)ccc2Cl)C(C)CN1.Cl. The van der Waals surface area contributed by atoms with Crippen LogP contribution in [0.5, 0.6) is 0 Å². The lowest BCUT2D eigenvalue weighted by Crippen LogP contribution is -2.56. The summed E-state index contributed by atoms with van der Waals surface area (Å²) >= 11 is 12.0. The fourth-order valence-electron chi connectivity index (χ4n) is 2.12. The normalized spacial score (nSPS) is 22.8. The first-order valence-electron chi connectivity index (χ1n) is 5.98. The minimum absolute atomic E-state index is 0. The van der Waals surface area contributed by atoms with E-state index in [0.717, 1.165) is 6.54 Å². The predicted octanol–water partition coefficient (Wildman–Crippen LogP) is 3.24. The third-order valence-electron chi connectivity index (χ3n) is 3.18. The van der Waals surface area contributed by atoms with Crippen molar-refractivity contribution in [1.82, 2.24) is 10.2 Å². The van der Waals surface area contributed by atoms with Crippen molar-refractivity contribution in [1.29, 1.82) is 0 Å². The minimum Gasteiger partial charge on any atom is -0.333 e. The minimum atomic E-state index is -0.0525. The molecule has 0 aromatic heterocycles. The number of hydrogen-bond donors (Lipinski definition) is 1. The number of hydrogen-bond acceptors (Lipinski definition) is 2. The van der Waals surface area contributed by atoms with Crippen LogP contribution in [0.2, 0.25) is 10.0 Å². The van der Waals surface area contributed by atoms with Crippen molar-refractivity contribution in [2.24, 2.45) is 0 Å². The molecule has 6 heteroatoms. The summed E-state index contributed by atoms with van der Waals surface area (Å²) in [6.07, 6.45) is 0. The Morgan fingerprint density at radius 3 is 2.74 bits per heavy atom. The van der Waals surface area contributed by atoms with Crippen molar-refractivity contribution >= 4 is 41.5 Å². The van der Waals surface area contributed by atoms with E-state index in [0.29, 0.717) is 28.2 Å². The number of carbonyl (C=O) groups excluding carboxylic acids is 1. The molecule has 1 fully saturated rings. The number of benzene rings is 1. The van der Waals surface area contributed by atoms with Crippen LogP contribution >= 0.6 is 35.6 Å². The number of nitrogens with zero attached hydrogens (tertiary/aromatic N) is 1. The highest BCUT2D eigenvalue weighted by molar-refractivity contribution is 6.35. The maximum absolute atomic E-state index is 12.5. The highest BCUT2D eigenvalue weighted by atomic mass is 35.5. The van der Waals surface area contributed by atoms with E-state index in [1.807, 2.05) is 11.8 Å². The first-order chi connectivity index (χ1) is 8.49. The van der Waals surface area contributed by atoms with E-state index in [-0.39, 0.29) is 24.4 Å². The Morgan fingerprint density at radius 2 is 2.05 bits per heavy atom. The van der Waals surface area contributed by atoms with Gasteiger partial charge in [-0.15, -0.1) is 12.4 Å². The van der Waals surface area contributed by atoms with E-state index in [1.165, 1.54) is 0 Å². The van der Waals surface area contributed by atoms with Crippen LogP contribution in [0.15, 0.2) is 18.2 Å². The molecule has 1 aliphatic heterocycles. The van der Waals surface area contributed by atoms with Gasteiger partial charge < -0.3 is 10.2 Å². The molecule has 3 nitrogen and oxygen atoms in total. The quantitative estimate of drug-likeness (QED) is 0.860. The van der Waals surface area contributed by atoms with Gasteiger partial charge in [0.1, 0.15) is 0 Å². The van der Waals surface area contributed by atoms with E-state index < -0.39 is 0 Å². The van der Waals surface area contributed by atoms with Gasteiger partial charge in [-0.1, -0.05) is 23.2 Å². The second kappa shape index (κ2) is 6.80. The van der Waals surface area contributed by atoms with Crippen LogP contribution in [0.1, 0.15) is 24.2 Å². The van der Waals surface area contributed by atoms with Crippen molar-refractivity contribution in [3.05, 3.63) is 33.8 Å². The number of carbonyl (C=O) groups is 1. The fraction of sp³-hybridized carbons (Fsp3) is 0.462. The van der Waals surface area contributed by atoms with Gasteiger partial charge in [0.15, 0.2) is 0 Å². The number of nitrogens with one attached hydrogen (secondary N) is 1. The van der Waals surface area contributed by atoms with Gasteiger partial charge in [0, 0.05) is 30.2 Å². The Kier molecular flexibility index (Phi) is 5.93. The van der Waals surface area contributed by atoms with E-state index in [4.69, 9.17) is 23.2 Å². The van der Waals surface area contributed by atoms with Crippen molar-refractivity contribution < 1.29 is 4.79 Å². The molecule has 0 saturated carbocycles. The maximum atomic E-state index is 12.5. The third-order valence-corrected chi connectivity index (χ3v) is 3.75. The molecule has 1 aromatic carbocycles. The van der Waals surface area contributed by atoms with Crippen molar-refractivity contribution in [3.63, 3.8) is 0 Å². The molecule has 1 heterocycles. The van der Waals surface area contributed by atoms with Gasteiger partial charge in [0.05, 0.1) is 10.6 Å². The lowest BCUT2D eigenvalue weighted by molar-refractivity contribution is 0.0616. The predicted molar refractivity (Wildman–Crippen MR) is 81.7 cm³/mol. The molecule has 1 saturated heterocycles. The molecule has 2 unspecified atom stereocenters. The third kappa shape index (κ3) is 3.76. The number of rotatable bonds is 1. The summed E-state index contributed by atoms with van der Waals surface area (Å²) in [4.78, 5) is 14.3. The highest BCUT2D eigenvalue weighted by Crippen LogP contribution is 2.23. The summed E-state index contributed by atoms with van der Waals surface area (Å²) in [7, 11) is 0. The molecule has 0 spiro atoms. The van der Waals surface area contributed by atoms with Crippen LogP contribution in [0, 0.1) is 0 Å². The van der Waals surface area contributed by atoms with Gasteiger partial charge in [-0.25, -0.2) is 0 Å². The number of amides is 1. The Hall–Kier alpha value is -0.480. The molecule has 1 aromatic rings. The first kappa shape index (κ1) is 16.6. The molecular weight excluding hydrogens is 307 g/mol. The largest absolute Gasteiger partial charge is 0.333 e. The second-order valence-electron chi connectivity index (χ2n) is 4.74. The lowest BCUT2D eigenvalue weighted by atomic mass is 10.1. The summed E-state index contributed by atoms with van der Waals surface area (Å²) in [5.41, 5.74) is 0.477. The molecule has 1 aliphatic rings. The van der Waals surface area contributed by atoms with E-state index >= 15 is 0 Å². The van der Waals surface area contributed by atoms with E-state index in [9.17, 15) is 4.79 Å². The molecule has 19 heavy (non-hydrogen) atoms. The second-order valence-corrected chi connectivity index (χ2v) is 5.58. The summed E-state index contributed by atoms with van der Waals surface area (Å²) in [6.45, 7) is 5.56. The van der Waals surface area contributed by atoms with Crippen LogP contribution in [-0.4, -0.2) is 36.0 Å². The zero-order valence-electron chi connectivity index (χ0n) is 10.8. The smallest absolute Gasteiger partial charge is 0.255 e. The summed E-state index contributed by atoms with van der Waals surface area (Å²) in [5.74, 6) is -0.0525. The maximum Gasteiger partial charge on any atom is 0.255 e. The summed E-state index contributed by atoms with van der Waals surface area (Å²) in [5, 5.41) is 4.31. The molecule has 0 aliphatic carbocycles. The highest BCUT2D eigenvalue weighted by Gasteiger charge is 2.28. The zero-order chi connectivity index (χ0) is 13.3. The topological polar surface area (TPSA) is 32.3 Å². The number of piperazine rings is 1. The van der Waals surface area contributed by atoms with Gasteiger partial charge in [-0.3, -0.25) is 4.79 Å². The molecule has 2 atom stereocenters. The molecule has 0 radical (unpaired) electrons. The molecule has 0 bridgehead atoms. The van der Waals surface area contributed by atoms with Crippen LogP contribution < -0.4 is 5.32 Å². The van der Waals surface area contributed by atoms with Crippen LogP contribution in [-0.2, 0) is 0 Å². The van der Waals surface area contributed by atoms with Crippen LogP contribution in [0.3, 0.4) is 0 Å². The van der Waals surface area contributed by atoms with Crippen molar-refractivity contribution in [2.75, 3.05) is 13.1 Å². The van der Waals surface area contributed by atoms with Crippen LogP contribution in [0.25, 0.3) is 0 Å². The van der Waals surface area contributed by atoms with Gasteiger partial charge in [0.2, 0.25) is 0 Å². The Balaban J connectivity index is 0.00000180. The standard InChI is InChI=1S/C13H16Cl2N2O.ClH/c1-8-7-17(9(2)6-16-8)13(18)11-5-10(14)3-4-12(11)15;/h3-5,8-9,16H,6-7H2,1-2H3;1H. The van der Waals surface area contributed by atoms with Gasteiger partial charge in [0.25, 0.3) is 5.91 Å². The Bertz CT molecular complexity index is 467.